The Morgan fingerprint density at radius 3 is 2.15 bits per heavy atom. The van der Waals surface area contributed by atoms with E-state index in [-0.39, 0.29) is 0 Å². The van der Waals surface area contributed by atoms with Crippen LogP contribution < -0.4 is 10.4 Å². The summed E-state index contributed by atoms with van der Waals surface area (Å²) in [5.41, 5.74) is -1.62. The van der Waals surface area contributed by atoms with Gasteiger partial charge in [-0.1, -0.05) is 6.07 Å². The summed E-state index contributed by atoms with van der Waals surface area (Å²) in [6.07, 6.45) is 0.926. The van der Waals surface area contributed by atoms with E-state index in [1.54, 1.807) is 68.5 Å². The van der Waals surface area contributed by atoms with Gasteiger partial charge in [-0.2, -0.15) is 0 Å². The molecule has 0 saturated heterocycles. The van der Waals surface area contributed by atoms with Crippen LogP contribution in [0.15, 0.2) is 12.3 Å². The van der Waals surface area contributed by atoms with Crippen molar-refractivity contribution in [2.24, 2.45) is 0 Å². The number of carbonyl (C=O) groups is 1. The van der Waals surface area contributed by atoms with Gasteiger partial charge in [-0.3, -0.25) is 4.90 Å². The maximum Gasteiger partial charge on any atom is 0.493 e. The zero-order valence-electron chi connectivity index (χ0n) is 17.2. The van der Waals surface area contributed by atoms with Gasteiger partial charge in [0.25, 0.3) is 0 Å². The van der Waals surface area contributed by atoms with Crippen molar-refractivity contribution in [1.82, 2.24) is 4.98 Å². The molecule has 0 fully saturated rings. The molecule has 0 aliphatic rings. The minimum Gasteiger partial charge on any atom is -0.443 e. The largest absolute Gasteiger partial charge is 0.493 e. The molecule has 0 unspecified atom stereocenters. The van der Waals surface area contributed by atoms with E-state index < -0.39 is 30.0 Å². The maximum atomic E-state index is 12.2. The van der Waals surface area contributed by atoms with Crippen molar-refractivity contribution in [1.29, 1.82) is 0 Å². The van der Waals surface area contributed by atoms with Crippen molar-refractivity contribution in [3.8, 4) is 0 Å². The van der Waals surface area contributed by atoms with Crippen LogP contribution in [0.3, 0.4) is 0 Å². The fourth-order valence-corrected chi connectivity index (χ4v) is 1.98. The van der Waals surface area contributed by atoms with Crippen molar-refractivity contribution >= 4 is 24.5 Å². The number of aromatic nitrogens is 1. The number of rotatable bonds is 5. The fourth-order valence-electron chi connectivity index (χ4n) is 1.98. The number of pyridine rings is 1. The van der Waals surface area contributed by atoms with Crippen molar-refractivity contribution in [3.63, 3.8) is 0 Å². The standard InChI is InChI=1S/C18H31BN2O5/c1-12-10-13(19(24)26-18(7,8)17(5,6)23)11-20-14(12)21(9)15(22)25-16(2,3)4/h10-11,23-24H,1-9H3. The molecular weight excluding hydrogens is 335 g/mol. The van der Waals surface area contributed by atoms with E-state index in [1.807, 2.05) is 0 Å². The zero-order chi connectivity index (χ0) is 20.5. The second-order valence-electron chi connectivity index (χ2n) is 8.49. The summed E-state index contributed by atoms with van der Waals surface area (Å²) in [6.45, 7) is 13.8. The Bertz CT molecular complexity index is 650. The molecule has 1 amide bonds. The summed E-state index contributed by atoms with van der Waals surface area (Å²) in [4.78, 5) is 17.8. The molecule has 26 heavy (non-hydrogen) atoms. The number of amides is 1. The predicted octanol–water partition coefficient (Wildman–Crippen LogP) is 2.01. The number of anilines is 1. The second-order valence-corrected chi connectivity index (χ2v) is 8.49. The zero-order valence-corrected chi connectivity index (χ0v) is 17.2. The Labute approximate surface area is 156 Å². The highest BCUT2D eigenvalue weighted by atomic mass is 16.6. The molecule has 0 saturated carbocycles. The Morgan fingerprint density at radius 1 is 1.19 bits per heavy atom. The molecule has 146 valence electrons. The average Bonchev–Trinajstić information content (AvgIpc) is 2.42. The van der Waals surface area contributed by atoms with Crippen LogP contribution >= 0.6 is 0 Å². The van der Waals surface area contributed by atoms with Gasteiger partial charge in [-0.15, -0.1) is 0 Å². The first-order valence-electron chi connectivity index (χ1n) is 8.56. The van der Waals surface area contributed by atoms with Crippen LogP contribution in [0.5, 0.6) is 0 Å². The van der Waals surface area contributed by atoms with Crippen molar-refractivity contribution in [2.45, 2.75) is 72.2 Å². The first kappa shape index (κ1) is 22.4. The molecule has 0 aromatic carbocycles. The van der Waals surface area contributed by atoms with Crippen molar-refractivity contribution in [3.05, 3.63) is 17.8 Å². The molecule has 0 radical (unpaired) electrons. The van der Waals surface area contributed by atoms with Crippen molar-refractivity contribution < 1.29 is 24.3 Å². The molecule has 1 heterocycles. The van der Waals surface area contributed by atoms with E-state index in [0.29, 0.717) is 16.8 Å². The number of carbonyl (C=O) groups excluding carboxylic acids is 1. The van der Waals surface area contributed by atoms with Crippen LogP contribution in [0, 0.1) is 6.92 Å². The molecular formula is C18H31BN2O5. The third kappa shape index (κ3) is 5.69. The lowest BCUT2D eigenvalue weighted by Crippen LogP contribution is -2.53. The van der Waals surface area contributed by atoms with Gasteiger partial charge in [-0.25, -0.2) is 9.78 Å². The minimum absolute atomic E-state index is 0.428. The molecule has 1 rings (SSSR count). The molecule has 0 aliphatic carbocycles. The molecule has 7 nitrogen and oxygen atoms in total. The van der Waals surface area contributed by atoms with Crippen molar-refractivity contribution in [2.75, 3.05) is 11.9 Å². The summed E-state index contributed by atoms with van der Waals surface area (Å²) >= 11 is 0. The highest BCUT2D eigenvalue weighted by Crippen LogP contribution is 2.25. The number of hydrogen-bond donors (Lipinski definition) is 2. The smallest absolute Gasteiger partial charge is 0.443 e. The van der Waals surface area contributed by atoms with Gasteiger partial charge in [0.05, 0.1) is 11.2 Å². The Balaban J connectivity index is 2.98. The number of nitrogens with zero attached hydrogens (tertiary/aromatic N) is 2. The van der Waals surface area contributed by atoms with Gasteiger partial charge in [0, 0.05) is 18.7 Å². The van der Waals surface area contributed by atoms with Gasteiger partial charge in [0.2, 0.25) is 0 Å². The second kappa shape index (κ2) is 7.54. The minimum atomic E-state index is -1.26. The summed E-state index contributed by atoms with van der Waals surface area (Å²) < 4.78 is 11.0. The SMILES string of the molecule is Cc1cc(B(O)OC(C)(C)C(C)(C)O)cnc1N(C)C(=O)OC(C)(C)C. The highest BCUT2D eigenvalue weighted by Gasteiger charge is 2.39. The van der Waals surface area contributed by atoms with E-state index >= 15 is 0 Å². The first-order valence-corrected chi connectivity index (χ1v) is 8.56. The lowest BCUT2D eigenvalue weighted by atomic mass is 9.77. The average molecular weight is 366 g/mol. The fraction of sp³-hybridized carbons (Fsp3) is 0.667. The molecule has 0 spiro atoms. The van der Waals surface area contributed by atoms with E-state index in [9.17, 15) is 14.9 Å². The van der Waals surface area contributed by atoms with Gasteiger partial charge in [-0.05, 0) is 61.0 Å². The molecule has 1 aromatic rings. The predicted molar refractivity (Wildman–Crippen MR) is 103 cm³/mol. The quantitative estimate of drug-likeness (QED) is 0.775. The van der Waals surface area contributed by atoms with E-state index in [1.165, 1.54) is 11.1 Å². The summed E-state index contributed by atoms with van der Waals surface area (Å²) in [7, 11) is 0.316. The summed E-state index contributed by atoms with van der Waals surface area (Å²) in [5, 5.41) is 20.5. The molecule has 0 bridgehead atoms. The summed E-state index contributed by atoms with van der Waals surface area (Å²) in [6, 6.07) is 1.69. The third-order valence-corrected chi connectivity index (χ3v) is 4.22. The van der Waals surface area contributed by atoms with E-state index in [0.717, 1.165) is 0 Å². The summed E-state index contributed by atoms with van der Waals surface area (Å²) in [5.74, 6) is 0.428. The van der Waals surface area contributed by atoms with Gasteiger partial charge in [0.15, 0.2) is 0 Å². The molecule has 0 aliphatic heterocycles. The van der Waals surface area contributed by atoms with Crippen LogP contribution in [0.1, 0.15) is 54.0 Å². The topological polar surface area (TPSA) is 92.1 Å². The lowest BCUT2D eigenvalue weighted by molar-refractivity contribution is -0.0982. The Hall–Kier alpha value is -1.64. The number of aliphatic hydroxyl groups is 1. The van der Waals surface area contributed by atoms with Gasteiger partial charge in [0.1, 0.15) is 11.4 Å². The van der Waals surface area contributed by atoms with E-state index in [4.69, 9.17) is 9.39 Å². The van der Waals surface area contributed by atoms with E-state index in [2.05, 4.69) is 4.98 Å². The number of aryl methyl sites for hydroxylation is 1. The van der Waals surface area contributed by atoms with Gasteiger partial charge < -0.3 is 19.5 Å². The number of hydrogen-bond acceptors (Lipinski definition) is 6. The normalized spacial score (nSPS) is 12.7. The van der Waals surface area contributed by atoms with Crippen LogP contribution in [0.4, 0.5) is 10.6 Å². The third-order valence-electron chi connectivity index (χ3n) is 4.22. The Morgan fingerprint density at radius 2 is 1.73 bits per heavy atom. The molecule has 1 aromatic heterocycles. The number of ether oxygens (including phenoxy) is 1. The monoisotopic (exact) mass is 366 g/mol. The lowest BCUT2D eigenvalue weighted by Gasteiger charge is -2.38. The van der Waals surface area contributed by atoms with Gasteiger partial charge >= 0.3 is 13.2 Å². The van der Waals surface area contributed by atoms with Crippen LogP contribution in [-0.2, 0) is 9.39 Å². The van der Waals surface area contributed by atoms with Crippen LogP contribution in [0.2, 0.25) is 0 Å². The molecule has 2 N–H and O–H groups in total. The first-order chi connectivity index (χ1) is 11.5. The highest BCUT2D eigenvalue weighted by molar-refractivity contribution is 6.60. The Kier molecular flexibility index (Phi) is 6.50. The van der Waals surface area contributed by atoms with Crippen LogP contribution in [-0.4, -0.2) is 52.2 Å². The molecule has 8 heteroatoms. The van der Waals surface area contributed by atoms with Crippen LogP contribution in [0.25, 0.3) is 0 Å². The maximum absolute atomic E-state index is 12.2. The molecule has 0 atom stereocenters.